The highest BCUT2D eigenvalue weighted by molar-refractivity contribution is 6.30. The highest BCUT2D eigenvalue weighted by Crippen LogP contribution is 2.18. The van der Waals surface area contributed by atoms with E-state index in [1.807, 2.05) is 24.3 Å². The first-order valence-electron chi connectivity index (χ1n) is 4.34. The van der Waals surface area contributed by atoms with Crippen LogP contribution in [0.1, 0.15) is 6.92 Å². The lowest BCUT2D eigenvalue weighted by Crippen LogP contribution is -2.24. The molecule has 3 heteroatoms. The van der Waals surface area contributed by atoms with Crippen LogP contribution in [0.15, 0.2) is 24.3 Å². The number of anilines is 1. The number of hydrogen-bond acceptors (Lipinski definition) is 1. The summed E-state index contributed by atoms with van der Waals surface area (Å²) in [4.78, 5) is 2.19. The molecule has 0 amide bonds. The van der Waals surface area contributed by atoms with Gasteiger partial charge in [0.15, 0.2) is 0 Å². The Morgan fingerprint density at radius 3 is 2.69 bits per heavy atom. The van der Waals surface area contributed by atoms with Crippen molar-refractivity contribution in [2.45, 2.75) is 6.92 Å². The van der Waals surface area contributed by atoms with Crippen LogP contribution >= 0.6 is 23.2 Å². The van der Waals surface area contributed by atoms with Gasteiger partial charge in [0.05, 0.1) is 0 Å². The molecule has 0 aliphatic heterocycles. The lowest BCUT2D eigenvalue weighted by Gasteiger charge is -2.21. The third kappa shape index (κ3) is 3.09. The van der Waals surface area contributed by atoms with E-state index >= 15 is 0 Å². The molecule has 0 radical (unpaired) electrons. The molecule has 72 valence electrons. The van der Waals surface area contributed by atoms with E-state index in [1.54, 1.807) is 0 Å². The minimum absolute atomic E-state index is 0.639. The molecule has 1 aromatic carbocycles. The Labute approximate surface area is 89.3 Å². The van der Waals surface area contributed by atoms with Gasteiger partial charge in [-0.1, -0.05) is 17.7 Å². The Bertz CT molecular complexity index is 263. The van der Waals surface area contributed by atoms with Crippen LogP contribution in [0, 0.1) is 0 Å². The molecular formula is C10H13Cl2N. The molecule has 0 aromatic heterocycles. The fourth-order valence-electron chi connectivity index (χ4n) is 1.24. The molecule has 0 unspecified atom stereocenters. The number of benzene rings is 1. The first-order valence-corrected chi connectivity index (χ1v) is 5.25. The van der Waals surface area contributed by atoms with Crippen LogP contribution in [0.3, 0.4) is 0 Å². The third-order valence-electron chi connectivity index (χ3n) is 1.91. The molecule has 0 heterocycles. The van der Waals surface area contributed by atoms with Crippen LogP contribution in [-0.2, 0) is 0 Å². The maximum atomic E-state index is 5.89. The van der Waals surface area contributed by atoms with Gasteiger partial charge in [0.25, 0.3) is 0 Å². The molecule has 0 aliphatic rings. The second-order valence-corrected chi connectivity index (χ2v) is 3.56. The molecule has 13 heavy (non-hydrogen) atoms. The third-order valence-corrected chi connectivity index (χ3v) is 2.31. The zero-order chi connectivity index (χ0) is 9.68. The number of hydrogen-bond donors (Lipinski definition) is 0. The second kappa shape index (κ2) is 5.36. The molecule has 0 bridgehead atoms. The zero-order valence-corrected chi connectivity index (χ0v) is 9.15. The van der Waals surface area contributed by atoms with E-state index < -0.39 is 0 Å². The first kappa shape index (κ1) is 10.7. The molecule has 0 N–H and O–H groups in total. The van der Waals surface area contributed by atoms with Crippen molar-refractivity contribution in [3.05, 3.63) is 29.3 Å². The maximum absolute atomic E-state index is 5.89. The fourth-order valence-corrected chi connectivity index (χ4v) is 1.63. The van der Waals surface area contributed by atoms with Gasteiger partial charge in [0, 0.05) is 29.7 Å². The molecule has 0 spiro atoms. The number of halogens is 2. The molecule has 0 saturated heterocycles. The second-order valence-electron chi connectivity index (χ2n) is 2.75. The van der Waals surface area contributed by atoms with E-state index in [1.165, 1.54) is 0 Å². The lowest BCUT2D eigenvalue weighted by atomic mass is 10.3. The van der Waals surface area contributed by atoms with Gasteiger partial charge < -0.3 is 4.90 Å². The molecule has 0 atom stereocenters. The quantitative estimate of drug-likeness (QED) is 0.700. The molecular weight excluding hydrogens is 205 g/mol. The van der Waals surface area contributed by atoms with Gasteiger partial charge in [-0.3, -0.25) is 0 Å². The number of alkyl halides is 1. The van der Waals surface area contributed by atoms with Crippen molar-refractivity contribution in [1.29, 1.82) is 0 Å². The summed E-state index contributed by atoms with van der Waals surface area (Å²) in [5, 5.41) is 0.769. The normalized spacial score (nSPS) is 10.1. The number of rotatable bonds is 4. The largest absolute Gasteiger partial charge is 0.371 e. The predicted octanol–water partition coefficient (Wildman–Crippen LogP) is 3.41. The van der Waals surface area contributed by atoms with E-state index in [-0.39, 0.29) is 0 Å². The number of nitrogens with zero attached hydrogens (tertiary/aromatic N) is 1. The van der Waals surface area contributed by atoms with Crippen molar-refractivity contribution in [1.82, 2.24) is 0 Å². The molecule has 0 fully saturated rings. The van der Waals surface area contributed by atoms with Gasteiger partial charge in [0.1, 0.15) is 0 Å². The van der Waals surface area contributed by atoms with E-state index in [9.17, 15) is 0 Å². The van der Waals surface area contributed by atoms with E-state index in [0.29, 0.717) is 5.88 Å². The summed E-state index contributed by atoms with van der Waals surface area (Å²) in [6.45, 7) is 3.92. The van der Waals surface area contributed by atoms with E-state index in [2.05, 4.69) is 11.8 Å². The lowest BCUT2D eigenvalue weighted by molar-refractivity contribution is 0.870. The molecule has 0 aliphatic carbocycles. The average Bonchev–Trinajstić information content (AvgIpc) is 2.14. The van der Waals surface area contributed by atoms with Crippen LogP contribution in [0.25, 0.3) is 0 Å². The van der Waals surface area contributed by atoms with Crippen molar-refractivity contribution in [2.75, 3.05) is 23.9 Å². The van der Waals surface area contributed by atoms with Gasteiger partial charge in [-0.2, -0.15) is 0 Å². The average molecular weight is 218 g/mol. The van der Waals surface area contributed by atoms with Crippen LogP contribution in [-0.4, -0.2) is 19.0 Å². The van der Waals surface area contributed by atoms with Crippen LogP contribution in [0.4, 0.5) is 5.69 Å². The van der Waals surface area contributed by atoms with Crippen LogP contribution in [0.2, 0.25) is 5.02 Å². The summed E-state index contributed by atoms with van der Waals surface area (Å²) in [7, 11) is 0. The predicted molar refractivity (Wildman–Crippen MR) is 60.1 cm³/mol. The van der Waals surface area contributed by atoms with E-state index in [4.69, 9.17) is 23.2 Å². The SMILES string of the molecule is CCN(CCCl)c1cccc(Cl)c1. The van der Waals surface area contributed by atoms with Crippen molar-refractivity contribution in [2.24, 2.45) is 0 Å². The highest BCUT2D eigenvalue weighted by atomic mass is 35.5. The van der Waals surface area contributed by atoms with Crippen molar-refractivity contribution < 1.29 is 0 Å². The molecule has 1 rings (SSSR count). The topological polar surface area (TPSA) is 3.24 Å². The summed E-state index contributed by atoms with van der Waals surface area (Å²) < 4.78 is 0. The van der Waals surface area contributed by atoms with Gasteiger partial charge in [-0.25, -0.2) is 0 Å². The summed E-state index contributed by atoms with van der Waals surface area (Å²) in [6, 6.07) is 7.83. The Balaban J connectivity index is 2.78. The van der Waals surface area contributed by atoms with Crippen molar-refractivity contribution >= 4 is 28.9 Å². The Kier molecular flexibility index (Phi) is 4.40. The fraction of sp³-hybridized carbons (Fsp3) is 0.400. The highest BCUT2D eigenvalue weighted by Gasteiger charge is 2.02. The zero-order valence-electron chi connectivity index (χ0n) is 7.63. The van der Waals surface area contributed by atoms with Crippen molar-refractivity contribution in [3.63, 3.8) is 0 Å². The van der Waals surface area contributed by atoms with Gasteiger partial charge >= 0.3 is 0 Å². The Morgan fingerprint density at radius 1 is 1.38 bits per heavy atom. The van der Waals surface area contributed by atoms with Gasteiger partial charge in [-0.05, 0) is 25.1 Å². The molecule has 1 aromatic rings. The van der Waals surface area contributed by atoms with Crippen molar-refractivity contribution in [3.8, 4) is 0 Å². The Morgan fingerprint density at radius 2 is 2.15 bits per heavy atom. The summed E-state index contributed by atoms with van der Waals surface area (Å²) in [5.74, 6) is 0.639. The monoisotopic (exact) mass is 217 g/mol. The molecule has 0 saturated carbocycles. The van der Waals surface area contributed by atoms with Crippen LogP contribution in [0.5, 0.6) is 0 Å². The van der Waals surface area contributed by atoms with Gasteiger partial charge in [0.2, 0.25) is 0 Å². The minimum atomic E-state index is 0.639. The molecule has 1 nitrogen and oxygen atoms in total. The maximum Gasteiger partial charge on any atom is 0.0426 e. The first-order chi connectivity index (χ1) is 6.27. The smallest absolute Gasteiger partial charge is 0.0426 e. The van der Waals surface area contributed by atoms with Gasteiger partial charge in [-0.15, -0.1) is 11.6 Å². The Hall–Kier alpha value is -0.400. The minimum Gasteiger partial charge on any atom is -0.371 e. The van der Waals surface area contributed by atoms with E-state index in [0.717, 1.165) is 23.8 Å². The summed E-state index contributed by atoms with van der Waals surface area (Å²) >= 11 is 11.6. The standard InChI is InChI=1S/C10H13Cl2N/c1-2-13(7-6-11)10-5-3-4-9(12)8-10/h3-5,8H,2,6-7H2,1H3. The summed E-state index contributed by atoms with van der Waals surface area (Å²) in [6.07, 6.45) is 0. The van der Waals surface area contributed by atoms with Crippen LogP contribution < -0.4 is 4.90 Å². The summed E-state index contributed by atoms with van der Waals surface area (Å²) in [5.41, 5.74) is 1.13.